The van der Waals surface area contributed by atoms with Gasteiger partial charge in [0.05, 0.1) is 0 Å². The van der Waals surface area contributed by atoms with Gasteiger partial charge in [0.25, 0.3) is 0 Å². The molecule has 5 unspecified atom stereocenters. The maximum absolute atomic E-state index is 13.5. The van der Waals surface area contributed by atoms with Gasteiger partial charge in [0, 0.05) is 32.7 Å². The summed E-state index contributed by atoms with van der Waals surface area (Å²) in [6.45, 7) is 1.64. The number of benzene rings is 5. The molecule has 9 rings (SSSR count). The number of nitrogens with zero attached hydrogens (tertiary/aromatic N) is 1. The van der Waals surface area contributed by atoms with Gasteiger partial charge in [-0.1, -0.05) is 30.3 Å². The summed E-state index contributed by atoms with van der Waals surface area (Å²) in [7, 11) is 0. The molecule has 0 saturated carbocycles. The normalized spacial score (nSPS) is 21.5. The highest BCUT2D eigenvalue weighted by Gasteiger charge is 2.33. The van der Waals surface area contributed by atoms with Gasteiger partial charge in [0.2, 0.25) is 0 Å². The Kier molecular flexibility index (Phi) is 15.2. The molecule has 5 aromatic rings. The first-order valence-corrected chi connectivity index (χ1v) is 22.4. The standard InChI is InChI=1S/C29H31F2NO4.C22H25F2NO4/c30-22-8-12-26-20(14-22)6-10-28(35-26)24(33)17-32(16-19-4-2-1-3-5-19)18-25(34)29-11-7-21-15-23(31)9-13-27(21)36-29;23-15-3-7-19-13(9-15)1-5-21(28-19)17(26)11-25-12-18(27)22-6-2-14-10-16(24)4-8-20(14)29-22/h1-5,8-9,12-15,24-25,28-29,33-34H,6-7,10-11,16-18H2;3-4,7-10,17-18,21-22,25-27H,1-2,5-6,11-12H2/t;17-,18?,21-,22+/m.1/s1. The van der Waals surface area contributed by atoms with Crippen LogP contribution in [0.1, 0.15) is 53.5 Å². The van der Waals surface area contributed by atoms with Crippen molar-refractivity contribution in [2.24, 2.45) is 0 Å². The third-order valence-corrected chi connectivity index (χ3v) is 12.6. The summed E-state index contributed by atoms with van der Waals surface area (Å²) < 4.78 is 77.3. The van der Waals surface area contributed by atoms with Gasteiger partial charge in [0.1, 0.15) is 95.1 Å². The molecule has 0 aliphatic carbocycles. The zero-order chi connectivity index (χ0) is 45.5. The number of aliphatic hydroxyl groups is 4. The number of rotatable bonds is 14. The van der Waals surface area contributed by atoms with Crippen molar-refractivity contribution in [3.05, 3.63) is 154 Å². The number of nitrogens with one attached hydrogen (secondary N) is 1. The van der Waals surface area contributed by atoms with Gasteiger partial charge in [-0.3, -0.25) is 4.90 Å². The summed E-state index contributed by atoms with van der Waals surface area (Å²) in [5.74, 6) is 1.24. The number of hydrogen-bond donors (Lipinski definition) is 5. The maximum Gasteiger partial charge on any atom is 0.126 e. The summed E-state index contributed by atoms with van der Waals surface area (Å²) in [6.07, 6.45) is 0.197. The Morgan fingerprint density at radius 3 is 1.12 bits per heavy atom. The molecular weight excluding hydrogens is 845 g/mol. The minimum atomic E-state index is -0.796. The molecule has 0 amide bonds. The van der Waals surface area contributed by atoms with Crippen molar-refractivity contribution < 1.29 is 56.9 Å². The lowest BCUT2D eigenvalue weighted by molar-refractivity contribution is -0.0295. The fourth-order valence-electron chi connectivity index (χ4n) is 9.05. The maximum atomic E-state index is 13.5. The molecule has 5 N–H and O–H groups in total. The average molecular weight is 901 g/mol. The second-order valence-electron chi connectivity index (χ2n) is 17.4. The topological polar surface area (TPSA) is 133 Å². The predicted molar refractivity (Wildman–Crippen MR) is 235 cm³/mol. The van der Waals surface area contributed by atoms with E-state index in [4.69, 9.17) is 18.9 Å². The number of aliphatic hydroxyl groups excluding tert-OH is 4. The Morgan fingerprint density at radius 2 is 0.785 bits per heavy atom. The first-order valence-electron chi connectivity index (χ1n) is 22.4. The monoisotopic (exact) mass is 900 g/mol. The van der Waals surface area contributed by atoms with Crippen LogP contribution in [0.15, 0.2) is 103 Å². The molecule has 8 atom stereocenters. The zero-order valence-electron chi connectivity index (χ0n) is 36.0. The van der Waals surface area contributed by atoms with E-state index >= 15 is 0 Å². The molecule has 65 heavy (non-hydrogen) atoms. The number of hydrogen-bond acceptors (Lipinski definition) is 10. The van der Waals surface area contributed by atoms with Gasteiger partial charge in [0.15, 0.2) is 0 Å². The highest BCUT2D eigenvalue weighted by Crippen LogP contribution is 2.33. The molecule has 4 aliphatic rings. The molecule has 0 spiro atoms. The van der Waals surface area contributed by atoms with Crippen molar-refractivity contribution in [3.63, 3.8) is 0 Å². The Bertz CT molecular complexity index is 2220. The van der Waals surface area contributed by atoms with E-state index in [1.807, 2.05) is 35.2 Å². The molecule has 4 aliphatic heterocycles. The lowest BCUT2D eigenvalue weighted by atomic mass is 9.97. The Labute approximate surface area is 376 Å². The van der Waals surface area contributed by atoms with Gasteiger partial charge in [-0.2, -0.15) is 0 Å². The van der Waals surface area contributed by atoms with E-state index in [2.05, 4.69) is 5.32 Å². The van der Waals surface area contributed by atoms with Crippen LogP contribution in [0, 0.1) is 23.3 Å². The Balaban J connectivity index is 0.000000181. The molecule has 0 aromatic heterocycles. The second kappa shape index (κ2) is 21.4. The summed E-state index contributed by atoms with van der Waals surface area (Å²) in [4.78, 5) is 2.01. The largest absolute Gasteiger partial charge is 0.487 e. The van der Waals surface area contributed by atoms with E-state index in [0.717, 1.165) is 27.8 Å². The summed E-state index contributed by atoms with van der Waals surface area (Å²) in [5.41, 5.74) is 4.31. The summed E-state index contributed by atoms with van der Waals surface area (Å²) in [5, 5.41) is 46.1. The minimum absolute atomic E-state index is 0.257. The molecule has 0 bridgehead atoms. The summed E-state index contributed by atoms with van der Waals surface area (Å²) in [6, 6.07) is 27.6. The molecule has 4 heterocycles. The molecule has 0 radical (unpaired) electrons. The molecule has 0 fully saturated rings. The number of halogens is 4. The first kappa shape index (κ1) is 46.3. The van der Waals surface area contributed by atoms with E-state index in [1.54, 1.807) is 24.3 Å². The molecule has 346 valence electrons. The van der Waals surface area contributed by atoms with Crippen LogP contribution in [-0.2, 0) is 32.2 Å². The summed E-state index contributed by atoms with van der Waals surface area (Å²) >= 11 is 0. The SMILES string of the molecule is OC(CN(Cc1ccccc1)CC(O)C1CCc2cc(F)ccc2O1)C1CCc2cc(F)ccc2O1.OC(CNC[C@@H](O)[C@H]1CCc2cc(F)ccc2O1)[C@@H]1CCc2cc(F)ccc2O1. The Morgan fingerprint density at radius 1 is 0.462 bits per heavy atom. The van der Waals surface area contributed by atoms with Crippen LogP contribution in [0.5, 0.6) is 23.0 Å². The van der Waals surface area contributed by atoms with E-state index in [9.17, 15) is 38.0 Å². The number of ether oxygens (including phenoxy) is 4. The van der Waals surface area contributed by atoms with Crippen LogP contribution in [0.4, 0.5) is 17.6 Å². The van der Waals surface area contributed by atoms with Crippen molar-refractivity contribution >= 4 is 0 Å². The molecule has 10 nitrogen and oxygen atoms in total. The van der Waals surface area contributed by atoms with Crippen molar-refractivity contribution in [1.82, 2.24) is 10.2 Å². The van der Waals surface area contributed by atoms with Gasteiger partial charge >= 0.3 is 0 Å². The van der Waals surface area contributed by atoms with Crippen molar-refractivity contribution in [3.8, 4) is 23.0 Å². The van der Waals surface area contributed by atoms with E-state index < -0.39 is 36.6 Å². The second-order valence-corrected chi connectivity index (χ2v) is 17.4. The third-order valence-electron chi connectivity index (χ3n) is 12.6. The van der Waals surface area contributed by atoms with Crippen LogP contribution in [-0.4, -0.2) is 100 Å². The Hall–Kier alpha value is -5.22. The number of fused-ring (bicyclic) bond motifs is 4. The fraction of sp³-hybridized carbons (Fsp3) is 0.412. The fourth-order valence-corrected chi connectivity index (χ4v) is 9.05. The van der Waals surface area contributed by atoms with Crippen LogP contribution in [0.3, 0.4) is 0 Å². The van der Waals surface area contributed by atoms with Crippen molar-refractivity contribution in [1.29, 1.82) is 0 Å². The van der Waals surface area contributed by atoms with Gasteiger partial charge in [-0.15, -0.1) is 0 Å². The minimum Gasteiger partial charge on any atom is -0.487 e. The predicted octanol–water partition coefficient (Wildman–Crippen LogP) is 6.64. The third kappa shape index (κ3) is 12.2. The van der Waals surface area contributed by atoms with Gasteiger partial charge in [-0.05, 0) is 152 Å². The van der Waals surface area contributed by atoms with E-state index in [-0.39, 0.29) is 48.6 Å². The smallest absolute Gasteiger partial charge is 0.126 e. The van der Waals surface area contributed by atoms with Crippen molar-refractivity contribution in [2.45, 2.75) is 107 Å². The van der Waals surface area contributed by atoms with Crippen LogP contribution in [0.2, 0.25) is 0 Å². The highest BCUT2D eigenvalue weighted by molar-refractivity contribution is 5.38. The van der Waals surface area contributed by atoms with Gasteiger partial charge < -0.3 is 44.7 Å². The zero-order valence-corrected chi connectivity index (χ0v) is 36.0. The number of aryl methyl sites for hydroxylation is 4. The first-order chi connectivity index (χ1) is 31.4. The average Bonchev–Trinajstić information content (AvgIpc) is 3.31. The van der Waals surface area contributed by atoms with Crippen molar-refractivity contribution in [2.75, 3.05) is 26.2 Å². The lowest BCUT2D eigenvalue weighted by Gasteiger charge is -2.35. The molecular formula is C51H56F4N2O8. The van der Waals surface area contributed by atoms with Crippen LogP contribution < -0.4 is 24.3 Å². The lowest BCUT2D eigenvalue weighted by Crippen LogP contribution is -2.48. The quantitative estimate of drug-likeness (QED) is 0.0774. The van der Waals surface area contributed by atoms with Crippen LogP contribution >= 0.6 is 0 Å². The molecule has 5 aromatic carbocycles. The van der Waals surface area contributed by atoms with Gasteiger partial charge in [-0.25, -0.2) is 17.6 Å². The molecule has 14 heteroatoms. The van der Waals surface area contributed by atoms with Crippen LogP contribution in [0.25, 0.3) is 0 Å². The van der Waals surface area contributed by atoms with E-state index in [0.29, 0.717) is 94.0 Å². The van der Waals surface area contributed by atoms with E-state index in [1.165, 1.54) is 48.5 Å². The molecule has 0 saturated heterocycles. The highest BCUT2D eigenvalue weighted by atomic mass is 19.1.